The summed E-state index contributed by atoms with van der Waals surface area (Å²) in [4.78, 5) is 0.919. The van der Waals surface area contributed by atoms with Crippen molar-refractivity contribution in [3.05, 3.63) is 54.1 Å². The Balaban J connectivity index is 1.75. The van der Waals surface area contributed by atoms with Crippen LogP contribution in [0.4, 0.5) is 0 Å². The Hall–Kier alpha value is -1.34. The lowest BCUT2D eigenvalue weighted by molar-refractivity contribution is 0.304. The lowest BCUT2D eigenvalue weighted by atomic mass is 9.75. The molecular weight excluding hydrogens is 296 g/mol. The van der Waals surface area contributed by atoms with Gasteiger partial charge in [0, 0.05) is 4.90 Å². The molecule has 1 aliphatic rings. The Bertz CT molecular complexity index is 606. The molecule has 1 radical (unpaired) electrons. The second-order valence-corrected chi connectivity index (χ2v) is 7.44. The van der Waals surface area contributed by atoms with E-state index in [1.165, 1.54) is 56.1 Å². The summed E-state index contributed by atoms with van der Waals surface area (Å²) in [6.45, 7) is 2.30. The minimum Gasteiger partial charge on any atom is -0.0801 e. The Labute approximate surface area is 146 Å². The van der Waals surface area contributed by atoms with Crippen molar-refractivity contribution in [2.75, 3.05) is 0 Å². The largest absolute Gasteiger partial charge is 0.0801 e. The van der Waals surface area contributed by atoms with E-state index in [-0.39, 0.29) is 0 Å². The standard InChI is InChI=1S/C22H27S/c1-2-3-6-17-9-11-18(12-10-17)21-7-4-5-8-22(21)19-13-15-20(23)16-14-19/h4-5,7-8,13-18H,2-3,6,9-12H2,1H3. The number of benzene rings is 2. The normalized spacial score (nSPS) is 21.3. The average molecular weight is 324 g/mol. The molecule has 0 saturated heterocycles. The number of rotatable bonds is 5. The van der Waals surface area contributed by atoms with Gasteiger partial charge in [0.15, 0.2) is 0 Å². The van der Waals surface area contributed by atoms with Crippen molar-refractivity contribution in [1.29, 1.82) is 0 Å². The molecule has 1 saturated carbocycles. The van der Waals surface area contributed by atoms with Gasteiger partial charge >= 0.3 is 0 Å². The van der Waals surface area contributed by atoms with Crippen LogP contribution in [0.15, 0.2) is 53.4 Å². The van der Waals surface area contributed by atoms with Gasteiger partial charge in [-0.25, -0.2) is 0 Å². The van der Waals surface area contributed by atoms with Crippen molar-refractivity contribution < 1.29 is 0 Å². The zero-order valence-electron chi connectivity index (χ0n) is 14.1. The molecule has 0 aromatic heterocycles. The molecule has 0 amide bonds. The molecule has 0 atom stereocenters. The molecule has 2 aromatic carbocycles. The summed E-state index contributed by atoms with van der Waals surface area (Å²) in [5.41, 5.74) is 4.25. The monoisotopic (exact) mass is 323 g/mol. The van der Waals surface area contributed by atoms with Gasteiger partial charge < -0.3 is 0 Å². The fourth-order valence-corrected chi connectivity index (χ4v) is 4.14. The van der Waals surface area contributed by atoms with Gasteiger partial charge in [0.2, 0.25) is 0 Å². The number of hydrogen-bond donors (Lipinski definition) is 0. The molecule has 3 rings (SSSR count). The maximum absolute atomic E-state index is 5.23. The van der Waals surface area contributed by atoms with Crippen LogP contribution in [0.1, 0.15) is 63.4 Å². The van der Waals surface area contributed by atoms with E-state index in [0.29, 0.717) is 0 Å². The molecule has 1 aliphatic carbocycles. The van der Waals surface area contributed by atoms with Crippen LogP contribution >= 0.6 is 12.6 Å². The van der Waals surface area contributed by atoms with Gasteiger partial charge in [-0.1, -0.05) is 75.2 Å². The van der Waals surface area contributed by atoms with Crippen LogP contribution in [0.25, 0.3) is 11.1 Å². The molecule has 1 fully saturated rings. The first kappa shape index (κ1) is 16.5. The van der Waals surface area contributed by atoms with Crippen molar-refractivity contribution in [2.24, 2.45) is 5.92 Å². The Kier molecular flexibility index (Phi) is 5.72. The molecule has 0 bridgehead atoms. The second kappa shape index (κ2) is 7.97. The van der Waals surface area contributed by atoms with Crippen LogP contribution in [-0.4, -0.2) is 0 Å². The van der Waals surface area contributed by atoms with Gasteiger partial charge in [0.25, 0.3) is 0 Å². The maximum atomic E-state index is 5.23. The highest BCUT2D eigenvalue weighted by Gasteiger charge is 2.23. The molecule has 0 nitrogen and oxygen atoms in total. The predicted octanol–water partition coefficient (Wildman–Crippen LogP) is 7.37. The lowest BCUT2D eigenvalue weighted by Gasteiger charge is -2.30. The van der Waals surface area contributed by atoms with E-state index in [2.05, 4.69) is 43.3 Å². The second-order valence-electron chi connectivity index (χ2n) is 6.97. The van der Waals surface area contributed by atoms with Crippen molar-refractivity contribution in [3.63, 3.8) is 0 Å². The van der Waals surface area contributed by atoms with E-state index in [1.807, 2.05) is 12.1 Å². The molecule has 2 aromatic rings. The minimum absolute atomic E-state index is 0.729. The maximum Gasteiger partial charge on any atom is 0.0377 e. The van der Waals surface area contributed by atoms with Crippen molar-refractivity contribution in [2.45, 2.75) is 62.7 Å². The van der Waals surface area contributed by atoms with Gasteiger partial charge in [-0.3, -0.25) is 0 Å². The summed E-state index contributed by atoms with van der Waals surface area (Å²) in [6, 6.07) is 17.4. The highest BCUT2D eigenvalue weighted by Crippen LogP contribution is 2.41. The van der Waals surface area contributed by atoms with Gasteiger partial charge in [0.05, 0.1) is 0 Å². The number of unbranched alkanes of at least 4 members (excludes halogenated alkanes) is 1. The zero-order valence-corrected chi connectivity index (χ0v) is 14.9. The van der Waals surface area contributed by atoms with Crippen LogP contribution in [0.3, 0.4) is 0 Å². The summed E-state index contributed by atoms with van der Waals surface area (Å²) in [5, 5.41) is 0. The smallest absolute Gasteiger partial charge is 0.0377 e. The van der Waals surface area contributed by atoms with Crippen molar-refractivity contribution in [1.82, 2.24) is 0 Å². The van der Waals surface area contributed by atoms with E-state index in [4.69, 9.17) is 12.6 Å². The highest BCUT2D eigenvalue weighted by molar-refractivity contribution is 7.80. The van der Waals surface area contributed by atoms with Crippen molar-refractivity contribution >= 4 is 12.6 Å². The first-order chi connectivity index (χ1) is 11.3. The summed E-state index contributed by atoms with van der Waals surface area (Å²) in [7, 11) is 0. The Morgan fingerprint density at radius 1 is 0.913 bits per heavy atom. The van der Waals surface area contributed by atoms with Crippen LogP contribution in [0.2, 0.25) is 0 Å². The average Bonchev–Trinajstić information content (AvgIpc) is 2.61. The third-order valence-corrected chi connectivity index (χ3v) is 5.65. The quantitative estimate of drug-likeness (QED) is 0.538. The van der Waals surface area contributed by atoms with Crippen molar-refractivity contribution in [3.8, 4) is 11.1 Å². The topological polar surface area (TPSA) is 0 Å². The van der Waals surface area contributed by atoms with Crippen LogP contribution in [0, 0.1) is 5.92 Å². The molecule has 121 valence electrons. The fraction of sp³-hybridized carbons (Fsp3) is 0.455. The van der Waals surface area contributed by atoms with Gasteiger partial charge in [0.1, 0.15) is 0 Å². The van der Waals surface area contributed by atoms with Crippen LogP contribution in [0.5, 0.6) is 0 Å². The summed E-state index contributed by atoms with van der Waals surface area (Å²) < 4.78 is 0. The van der Waals surface area contributed by atoms with E-state index >= 15 is 0 Å². The SMILES string of the molecule is CCCCC1CCC(c2ccccc2-c2ccc([S])cc2)CC1. The lowest BCUT2D eigenvalue weighted by Crippen LogP contribution is -2.14. The summed E-state index contributed by atoms with van der Waals surface area (Å²) in [6.07, 6.45) is 9.69. The molecule has 0 unspecified atom stereocenters. The van der Waals surface area contributed by atoms with Gasteiger partial charge in [-0.2, -0.15) is 0 Å². The van der Waals surface area contributed by atoms with Crippen LogP contribution < -0.4 is 0 Å². The predicted molar refractivity (Wildman–Crippen MR) is 102 cm³/mol. The Morgan fingerprint density at radius 3 is 2.30 bits per heavy atom. The summed E-state index contributed by atoms with van der Waals surface area (Å²) in [5.74, 6) is 1.70. The molecule has 1 heteroatoms. The van der Waals surface area contributed by atoms with Crippen LogP contribution in [-0.2, 0) is 0 Å². The minimum atomic E-state index is 0.729. The van der Waals surface area contributed by atoms with E-state index in [0.717, 1.165) is 16.7 Å². The zero-order chi connectivity index (χ0) is 16.1. The fourth-order valence-electron chi connectivity index (χ4n) is 4.01. The summed E-state index contributed by atoms with van der Waals surface area (Å²) >= 11 is 5.23. The first-order valence-electron chi connectivity index (χ1n) is 9.14. The van der Waals surface area contributed by atoms with E-state index in [1.54, 1.807) is 5.56 Å². The molecule has 0 heterocycles. The molecule has 0 spiro atoms. The molecule has 0 aliphatic heterocycles. The van der Waals surface area contributed by atoms with Gasteiger partial charge in [-0.05, 0) is 66.3 Å². The van der Waals surface area contributed by atoms with E-state index in [9.17, 15) is 0 Å². The number of hydrogen-bond acceptors (Lipinski definition) is 0. The third kappa shape index (κ3) is 4.14. The first-order valence-corrected chi connectivity index (χ1v) is 9.55. The molecular formula is C22H27S. The molecule has 23 heavy (non-hydrogen) atoms. The third-order valence-electron chi connectivity index (χ3n) is 5.38. The van der Waals surface area contributed by atoms with Gasteiger partial charge in [-0.15, -0.1) is 0 Å². The molecule has 0 N–H and O–H groups in total. The highest BCUT2D eigenvalue weighted by atomic mass is 32.1. The Morgan fingerprint density at radius 2 is 1.61 bits per heavy atom. The van der Waals surface area contributed by atoms with E-state index < -0.39 is 0 Å².